The van der Waals surface area contributed by atoms with Gasteiger partial charge >= 0.3 is 0 Å². The van der Waals surface area contributed by atoms with Gasteiger partial charge < -0.3 is 0 Å². The van der Waals surface area contributed by atoms with Crippen molar-refractivity contribution in [3.63, 3.8) is 0 Å². The third-order valence-electron chi connectivity index (χ3n) is 8.97. The van der Waals surface area contributed by atoms with E-state index in [1.165, 1.54) is 5.57 Å². The minimum absolute atomic E-state index is 0.0692. The first-order chi connectivity index (χ1) is 12.1. The largest absolute Gasteiger partial charge is 0.300 e. The van der Waals surface area contributed by atoms with Gasteiger partial charge in [-0.05, 0) is 86.9 Å². The number of rotatable bonds is 2. The number of hydrogen-bond acceptors (Lipinski definition) is 3. The van der Waals surface area contributed by atoms with Crippen LogP contribution >= 0.6 is 0 Å². The average molecular weight is 381 g/mol. The van der Waals surface area contributed by atoms with Gasteiger partial charge in [0.2, 0.25) is 0 Å². The number of ketones is 1. The van der Waals surface area contributed by atoms with Gasteiger partial charge in [-0.25, -0.2) is 0 Å². The minimum atomic E-state index is -3.95. The second kappa shape index (κ2) is 5.91. The first-order valence-electron chi connectivity index (χ1n) is 10.2. The van der Waals surface area contributed by atoms with Gasteiger partial charge in [0.05, 0.1) is 5.25 Å². The van der Waals surface area contributed by atoms with Crippen LogP contribution < -0.4 is 0 Å². The van der Waals surface area contributed by atoms with E-state index in [4.69, 9.17) is 0 Å². The average Bonchev–Trinajstić information content (AvgIpc) is 2.90. The molecule has 0 radical (unpaired) electrons. The molecule has 0 bridgehead atoms. The Morgan fingerprint density at radius 1 is 1.12 bits per heavy atom. The summed E-state index contributed by atoms with van der Waals surface area (Å²) in [7, 11) is -3.95. The van der Waals surface area contributed by atoms with Gasteiger partial charge in [-0.3, -0.25) is 9.35 Å². The number of carbonyl (C=O) groups excluding carboxylic acids is 1. The summed E-state index contributed by atoms with van der Waals surface area (Å²) in [5.74, 6) is 2.41. The Bertz CT molecular complexity index is 754. The van der Waals surface area contributed by atoms with Crippen LogP contribution in [0.4, 0.5) is 0 Å². The molecule has 4 aliphatic rings. The summed E-state index contributed by atoms with van der Waals surface area (Å²) in [6, 6.07) is 0. The fourth-order valence-corrected chi connectivity index (χ4v) is 8.36. The Hall–Kier alpha value is -0.680. The molecule has 146 valence electrons. The zero-order valence-electron chi connectivity index (χ0n) is 16.2. The number of allylic oxidation sites excluding steroid dienone is 2. The van der Waals surface area contributed by atoms with Crippen molar-refractivity contribution in [2.24, 2.45) is 34.5 Å². The molecular formula is C21H32O4S. The topological polar surface area (TPSA) is 71.4 Å². The van der Waals surface area contributed by atoms with Crippen molar-refractivity contribution in [3.8, 4) is 0 Å². The molecule has 0 spiro atoms. The summed E-state index contributed by atoms with van der Waals surface area (Å²) in [5.41, 5.74) is 1.48. The highest BCUT2D eigenvalue weighted by Gasteiger charge is 2.59. The van der Waals surface area contributed by atoms with E-state index in [1.807, 2.05) is 0 Å². The maximum absolute atomic E-state index is 12.2. The summed E-state index contributed by atoms with van der Waals surface area (Å²) in [6.45, 7) is 6.45. The molecule has 1 N–H and O–H groups in total. The third kappa shape index (κ3) is 2.56. The van der Waals surface area contributed by atoms with E-state index in [0.717, 1.165) is 38.5 Å². The predicted molar refractivity (Wildman–Crippen MR) is 101 cm³/mol. The van der Waals surface area contributed by atoms with Crippen LogP contribution in [-0.4, -0.2) is 24.0 Å². The zero-order valence-corrected chi connectivity index (χ0v) is 17.0. The highest BCUT2D eigenvalue weighted by Crippen LogP contribution is 2.66. The molecule has 0 heterocycles. The lowest BCUT2D eigenvalue weighted by Gasteiger charge is -2.58. The Kier molecular flexibility index (Phi) is 4.24. The van der Waals surface area contributed by atoms with E-state index in [9.17, 15) is 17.8 Å². The molecule has 0 aromatic carbocycles. The quantitative estimate of drug-likeness (QED) is 0.569. The molecular weight excluding hydrogens is 348 g/mol. The smallest absolute Gasteiger partial charge is 0.268 e. The fourth-order valence-electron chi connectivity index (χ4n) is 7.55. The molecule has 0 aromatic rings. The van der Waals surface area contributed by atoms with E-state index >= 15 is 0 Å². The van der Waals surface area contributed by atoms with E-state index in [1.54, 1.807) is 6.92 Å². The summed E-state index contributed by atoms with van der Waals surface area (Å²) < 4.78 is 32.8. The maximum atomic E-state index is 12.2. The third-order valence-corrected chi connectivity index (χ3v) is 10.2. The molecule has 5 heteroatoms. The first kappa shape index (κ1) is 18.7. The lowest BCUT2D eigenvalue weighted by molar-refractivity contribution is -0.127. The van der Waals surface area contributed by atoms with Gasteiger partial charge in [0.25, 0.3) is 10.1 Å². The lowest BCUT2D eigenvalue weighted by atomic mass is 9.47. The number of Topliss-reactive ketones (excluding diaryl/α,β-unsaturated/α-hetero) is 1. The van der Waals surface area contributed by atoms with Crippen LogP contribution in [0, 0.1) is 34.5 Å². The number of hydrogen-bond donors (Lipinski definition) is 1. The predicted octanol–water partition coefficient (Wildman–Crippen LogP) is 4.41. The van der Waals surface area contributed by atoms with Crippen molar-refractivity contribution in [3.05, 3.63) is 11.6 Å². The summed E-state index contributed by atoms with van der Waals surface area (Å²) >= 11 is 0. The van der Waals surface area contributed by atoms with Crippen molar-refractivity contribution in [1.29, 1.82) is 0 Å². The second-order valence-corrected chi connectivity index (χ2v) is 11.6. The summed E-state index contributed by atoms with van der Waals surface area (Å²) in [5, 5.41) is -0.624. The molecule has 4 nitrogen and oxygen atoms in total. The molecule has 3 saturated carbocycles. The molecule has 0 amide bonds. The second-order valence-electron chi connectivity index (χ2n) is 9.92. The summed E-state index contributed by atoms with van der Waals surface area (Å²) in [6.07, 6.45) is 9.69. The molecule has 0 aromatic heterocycles. The molecule has 26 heavy (non-hydrogen) atoms. The van der Waals surface area contributed by atoms with Crippen LogP contribution in [0.5, 0.6) is 0 Å². The van der Waals surface area contributed by atoms with Gasteiger partial charge in [-0.1, -0.05) is 25.5 Å². The van der Waals surface area contributed by atoms with Crippen molar-refractivity contribution in [1.82, 2.24) is 0 Å². The van der Waals surface area contributed by atoms with Crippen LogP contribution in [0.25, 0.3) is 0 Å². The summed E-state index contributed by atoms with van der Waals surface area (Å²) in [4.78, 5) is 12.2. The Labute approximate surface area is 157 Å². The fraction of sp³-hybridized carbons (Fsp3) is 0.857. The van der Waals surface area contributed by atoms with Crippen LogP contribution in [0.2, 0.25) is 0 Å². The molecule has 4 rings (SSSR count). The van der Waals surface area contributed by atoms with Crippen molar-refractivity contribution >= 4 is 15.9 Å². The van der Waals surface area contributed by atoms with Crippen molar-refractivity contribution in [2.75, 3.05) is 0 Å². The van der Waals surface area contributed by atoms with Crippen molar-refractivity contribution in [2.45, 2.75) is 77.4 Å². The Balaban J connectivity index is 1.64. The van der Waals surface area contributed by atoms with Gasteiger partial charge in [0, 0.05) is 5.92 Å². The van der Waals surface area contributed by atoms with E-state index in [-0.39, 0.29) is 16.7 Å². The van der Waals surface area contributed by atoms with Crippen LogP contribution in [0.15, 0.2) is 11.6 Å². The molecule has 4 aliphatic carbocycles. The lowest BCUT2D eigenvalue weighted by Crippen LogP contribution is -2.51. The molecule has 0 saturated heterocycles. The van der Waals surface area contributed by atoms with E-state index < -0.39 is 15.4 Å². The molecule has 0 unspecified atom stereocenters. The highest BCUT2D eigenvalue weighted by atomic mass is 32.2. The van der Waals surface area contributed by atoms with Gasteiger partial charge in [0.1, 0.15) is 5.78 Å². The standard InChI is InChI=1S/C21H32O4S/c1-13(22)17-6-7-18-16-5-4-14-12-15(26(23,24)25)8-10-20(14,2)19(16)9-11-21(17,18)3/h4,15-19H,5-12H2,1-3H3,(H,23,24,25)/t15-,16-,17+,18-,19-,20-,21+/m0/s1. The van der Waals surface area contributed by atoms with Crippen LogP contribution in [-0.2, 0) is 14.9 Å². The monoisotopic (exact) mass is 380 g/mol. The SMILES string of the molecule is CC(=O)[C@H]1CC[C@H]2[C@@H]3CC=C4C[C@@H](S(=O)(=O)O)CC[C@]4(C)[C@H]3CC[C@]12C. The van der Waals surface area contributed by atoms with Gasteiger partial charge in [0.15, 0.2) is 0 Å². The van der Waals surface area contributed by atoms with Crippen LogP contribution in [0.3, 0.4) is 0 Å². The van der Waals surface area contributed by atoms with Gasteiger partial charge in [-0.15, -0.1) is 0 Å². The van der Waals surface area contributed by atoms with Crippen LogP contribution in [0.1, 0.15) is 72.1 Å². The Morgan fingerprint density at radius 3 is 2.50 bits per heavy atom. The Morgan fingerprint density at radius 2 is 1.85 bits per heavy atom. The molecule has 3 fully saturated rings. The van der Waals surface area contributed by atoms with E-state index in [0.29, 0.717) is 36.4 Å². The van der Waals surface area contributed by atoms with Gasteiger partial charge in [-0.2, -0.15) is 8.42 Å². The molecule has 7 atom stereocenters. The minimum Gasteiger partial charge on any atom is -0.300 e. The first-order valence-corrected chi connectivity index (χ1v) is 11.7. The zero-order chi connectivity index (χ0) is 18.9. The highest BCUT2D eigenvalue weighted by molar-refractivity contribution is 7.86. The molecule has 0 aliphatic heterocycles. The maximum Gasteiger partial charge on any atom is 0.268 e. The van der Waals surface area contributed by atoms with Crippen molar-refractivity contribution < 1.29 is 17.8 Å². The normalized spacial score (nSPS) is 48.2. The number of carbonyl (C=O) groups is 1. The van der Waals surface area contributed by atoms with E-state index in [2.05, 4.69) is 19.9 Å². The number of fused-ring (bicyclic) bond motifs is 5.